The van der Waals surface area contributed by atoms with E-state index in [4.69, 9.17) is 9.47 Å². The highest BCUT2D eigenvalue weighted by Gasteiger charge is 2.57. The van der Waals surface area contributed by atoms with Gasteiger partial charge >= 0.3 is 0 Å². The van der Waals surface area contributed by atoms with Gasteiger partial charge in [-0.15, -0.1) is 0 Å². The number of rotatable bonds is 9. The van der Waals surface area contributed by atoms with Crippen molar-refractivity contribution >= 4 is 0 Å². The van der Waals surface area contributed by atoms with Gasteiger partial charge in [0.15, 0.2) is 0 Å². The van der Waals surface area contributed by atoms with Crippen LogP contribution in [0, 0.1) is 11.8 Å². The summed E-state index contributed by atoms with van der Waals surface area (Å²) in [4.78, 5) is 0. The number of benzene rings is 3. The molecule has 0 bridgehead atoms. The van der Waals surface area contributed by atoms with Gasteiger partial charge in [0.1, 0.15) is 0 Å². The second kappa shape index (κ2) is 12.5. The molecule has 3 aromatic carbocycles. The van der Waals surface area contributed by atoms with Crippen LogP contribution in [0.25, 0.3) is 0 Å². The van der Waals surface area contributed by atoms with Crippen molar-refractivity contribution in [3.05, 3.63) is 130 Å². The third-order valence-corrected chi connectivity index (χ3v) is 10.1. The number of hydrogen-bond donors (Lipinski definition) is 4. The number of fused-ring (bicyclic) bond motifs is 1. The molecule has 3 aliphatic carbocycles. The van der Waals surface area contributed by atoms with Crippen molar-refractivity contribution in [3.8, 4) is 0 Å². The predicted octanol–water partition coefficient (Wildman–Crippen LogP) is 5.22. The van der Waals surface area contributed by atoms with Crippen LogP contribution in [0.5, 0.6) is 0 Å². The van der Waals surface area contributed by atoms with Crippen molar-refractivity contribution in [1.29, 1.82) is 0 Å². The maximum Gasteiger partial charge on any atom is 0.248 e. The normalized spacial score (nSPS) is 31.9. The fourth-order valence-corrected chi connectivity index (χ4v) is 7.89. The summed E-state index contributed by atoms with van der Waals surface area (Å²) in [5.41, 5.74) is 7.10. The molecule has 5 unspecified atom stereocenters. The smallest absolute Gasteiger partial charge is 0.248 e. The van der Waals surface area contributed by atoms with Gasteiger partial charge < -0.3 is 30.3 Å². The first kappa shape index (κ1) is 29.9. The van der Waals surface area contributed by atoms with Gasteiger partial charge in [0.05, 0.1) is 0 Å². The molecule has 0 heterocycles. The first-order chi connectivity index (χ1) is 20.9. The molecule has 0 amide bonds. The van der Waals surface area contributed by atoms with E-state index in [1.165, 1.54) is 42.5 Å². The van der Waals surface area contributed by atoms with Crippen molar-refractivity contribution < 1.29 is 19.7 Å². The van der Waals surface area contributed by atoms with Crippen molar-refractivity contribution in [1.82, 2.24) is 10.6 Å². The largest absolute Gasteiger partial charge is 0.358 e. The number of methoxy groups -OCH3 is 2. The molecule has 0 aliphatic heterocycles. The molecule has 0 radical (unpaired) electrons. The van der Waals surface area contributed by atoms with Gasteiger partial charge in [0.2, 0.25) is 11.6 Å². The van der Waals surface area contributed by atoms with Gasteiger partial charge in [-0.05, 0) is 90.1 Å². The number of hydrogen-bond acceptors (Lipinski definition) is 6. The van der Waals surface area contributed by atoms with E-state index in [-0.39, 0.29) is 23.8 Å². The van der Waals surface area contributed by atoms with Crippen LogP contribution in [-0.4, -0.2) is 56.1 Å². The SMILES string of the molecule is CNC[C@H]1C2=C(C[C@H](c3ccccc3)C1CNC1CC(c3ccccc3)Cc3ccccc31)C(O)(OC)C(O)(OC)C=C2. The molecule has 6 nitrogen and oxygen atoms in total. The van der Waals surface area contributed by atoms with E-state index in [1.807, 2.05) is 19.2 Å². The van der Waals surface area contributed by atoms with E-state index in [2.05, 4.69) is 89.5 Å². The highest BCUT2D eigenvalue weighted by Crippen LogP contribution is 2.52. The Bertz CT molecular complexity index is 1460. The zero-order chi connectivity index (χ0) is 30.0. The Labute approximate surface area is 255 Å². The van der Waals surface area contributed by atoms with E-state index >= 15 is 0 Å². The predicted molar refractivity (Wildman–Crippen MR) is 169 cm³/mol. The minimum Gasteiger partial charge on any atom is -0.358 e. The van der Waals surface area contributed by atoms with Crippen molar-refractivity contribution in [2.45, 2.75) is 48.7 Å². The third kappa shape index (κ3) is 5.42. The number of ether oxygens (including phenoxy) is 2. The van der Waals surface area contributed by atoms with Gasteiger partial charge in [-0.25, -0.2) is 0 Å². The van der Waals surface area contributed by atoms with Crippen LogP contribution in [0.2, 0.25) is 0 Å². The van der Waals surface area contributed by atoms with Gasteiger partial charge in [0, 0.05) is 32.7 Å². The molecule has 4 N–H and O–H groups in total. The summed E-state index contributed by atoms with van der Waals surface area (Å²) in [6.07, 6.45) is 6.10. The Morgan fingerprint density at radius 1 is 0.814 bits per heavy atom. The summed E-state index contributed by atoms with van der Waals surface area (Å²) < 4.78 is 11.1. The molecule has 0 aromatic heterocycles. The summed E-state index contributed by atoms with van der Waals surface area (Å²) in [6, 6.07) is 30.5. The average molecular weight is 581 g/mol. The fraction of sp³-hybridized carbons (Fsp3) is 0.405. The molecule has 0 saturated heterocycles. The van der Waals surface area contributed by atoms with Gasteiger partial charge in [-0.2, -0.15) is 0 Å². The Balaban J connectivity index is 1.37. The lowest BCUT2D eigenvalue weighted by Crippen LogP contribution is -2.60. The van der Waals surface area contributed by atoms with E-state index in [9.17, 15) is 10.2 Å². The second-order valence-corrected chi connectivity index (χ2v) is 12.3. The minimum atomic E-state index is -1.99. The first-order valence-electron chi connectivity index (χ1n) is 15.5. The van der Waals surface area contributed by atoms with E-state index in [0.29, 0.717) is 17.9 Å². The maximum atomic E-state index is 11.9. The molecular formula is C37H44N2O4. The average Bonchev–Trinajstić information content (AvgIpc) is 3.06. The van der Waals surface area contributed by atoms with Crippen molar-refractivity contribution in [2.75, 3.05) is 34.4 Å². The minimum absolute atomic E-state index is 0.0644. The van der Waals surface area contributed by atoms with Gasteiger partial charge in [-0.3, -0.25) is 0 Å². The number of nitrogens with one attached hydrogen (secondary N) is 2. The quantitative estimate of drug-likeness (QED) is 0.260. The summed E-state index contributed by atoms with van der Waals surface area (Å²) >= 11 is 0. The molecule has 7 atom stereocenters. The monoisotopic (exact) mass is 580 g/mol. The lowest BCUT2D eigenvalue weighted by molar-refractivity contribution is -0.335. The summed E-state index contributed by atoms with van der Waals surface area (Å²) in [5, 5.41) is 30.7. The van der Waals surface area contributed by atoms with Crippen molar-refractivity contribution in [3.63, 3.8) is 0 Å². The van der Waals surface area contributed by atoms with E-state index in [0.717, 1.165) is 31.5 Å². The Hall–Kier alpha value is -3.10. The van der Waals surface area contributed by atoms with Crippen LogP contribution in [0.4, 0.5) is 0 Å². The molecule has 3 aliphatic rings. The first-order valence-corrected chi connectivity index (χ1v) is 15.5. The molecule has 3 aromatic rings. The molecule has 43 heavy (non-hydrogen) atoms. The molecule has 0 saturated carbocycles. The van der Waals surface area contributed by atoms with E-state index in [1.54, 1.807) is 0 Å². The van der Waals surface area contributed by atoms with Crippen LogP contribution in [0.1, 0.15) is 53.0 Å². The Morgan fingerprint density at radius 2 is 1.49 bits per heavy atom. The summed E-state index contributed by atoms with van der Waals surface area (Å²) in [5.74, 6) is -3.14. The lowest BCUT2D eigenvalue weighted by atomic mass is 9.62. The zero-order valence-electron chi connectivity index (χ0n) is 25.4. The molecule has 226 valence electrons. The topological polar surface area (TPSA) is 83.0 Å². The number of aliphatic hydroxyl groups is 2. The summed E-state index contributed by atoms with van der Waals surface area (Å²) in [7, 11) is 4.79. The van der Waals surface area contributed by atoms with Crippen LogP contribution < -0.4 is 10.6 Å². The number of allylic oxidation sites excluding steroid dienone is 1. The van der Waals surface area contributed by atoms with Gasteiger partial charge in [-0.1, -0.05) is 91.0 Å². The standard InChI is InChI=1S/C37H44N2O4/c1-38-23-32-30-18-19-36(40,42-2)37(41,43-3)34(30)22-31(26-14-8-5-9-15-26)33(32)24-39-35-21-28(25-12-6-4-7-13-25)20-27-16-10-11-17-29(27)35/h4-19,28,31-33,35,38-41H,20-24H2,1-3H3/t28?,31-,32+,33?,35?,36?,37?/m1/s1. The van der Waals surface area contributed by atoms with Crippen LogP contribution >= 0.6 is 0 Å². The fourth-order valence-electron chi connectivity index (χ4n) is 7.89. The molecule has 6 heteroatoms. The lowest BCUT2D eigenvalue weighted by Gasteiger charge is -2.50. The van der Waals surface area contributed by atoms with Gasteiger partial charge in [0.25, 0.3) is 0 Å². The maximum absolute atomic E-state index is 11.9. The Kier molecular flexibility index (Phi) is 8.70. The van der Waals surface area contributed by atoms with E-state index < -0.39 is 11.6 Å². The Morgan fingerprint density at radius 3 is 2.16 bits per heavy atom. The van der Waals surface area contributed by atoms with Crippen LogP contribution in [0.15, 0.2) is 108 Å². The third-order valence-electron chi connectivity index (χ3n) is 10.1. The highest BCUT2D eigenvalue weighted by atomic mass is 16.7. The highest BCUT2D eigenvalue weighted by molar-refractivity contribution is 5.46. The van der Waals surface area contributed by atoms with Crippen LogP contribution in [0.3, 0.4) is 0 Å². The molecule has 6 rings (SSSR count). The van der Waals surface area contributed by atoms with Crippen molar-refractivity contribution in [2.24, 2.45) is 11.8 Å². The van der Waals surface area contributed by atoms with Crippen LogP contribution in [-0.2, 0) is 15.9 Å². The molecular weight excluding hydrogens is 536 g/mol. The molecule has 0 spiro atoms. The zero-order valence-corrected chi connectivity index (χ0v) is 25.4. The molecule has 0 fully saturated rings. The summed E-state index contributed by atoms with van der Waals surface area (Å²) in [6.45, 7) is 1.52. The second-order valence-electron chi connectivity index (χ2n) is 12.3.